The summed E-state index contributed by atoms with van der Waals surface area (Å²) in [6.07, 6.45) is 14.4. The van der Waals surface area contributed by atoms with Crippen LogP contribution in [0.25, 0.3) is 54.6 Å². The molecule has 0 spiro atoms. The number of hydrogen-bond acceptors (Lipinski definition) is 2. The highest BCUT2D eigenvalue weighted by Gasteiger charge is 2.25. The van der Waals surface area contributed by atoms with Gasteiger partial charge in [-0.15, -0.1) is 0 Å². The van der Waals surface area contributed by atoms with Gasteiger partial charge in [0.15, 0.2) is 0 Å². The number of rotatable bonds is 10. The standard InChI is InChI=1S/C60H56N2S2/c1-41-33-57(63(3,4)5)53(43-21-13-9-14-22-43)39-55(41)61(49-25-17-11-18-26-49)51-35-45-29-31-47-37-52(38-48-32-30-46(36-51)59(45)60(47)48)62(50-27-19-12-20-28-50)56-40-54(44-23-15-10-16-24-44)58(34-42(56)2)64(6,7)8/h9-40H,1-8H3. The summed E-state index contributed by atoms with van der Waals surface area (Å²) >= 11 is 0. The summed E-state index contributed by atoms with van der Waals surface area (Å²) in [4.78, 5) is 7.80. The van der Waals surface area contributed by atoms with E-state index in [-0.39, 0.29) is 0 Å². The summed E-state index contributed by atoms with van der Waals surface area (Å²) in [6.45, 7) is 4.56. The monoisotopic (exact) mass is 868 g/mol. The first-order chi connectivity index (χ1) is 30.8. The van der Waals surface area contributed by atoms with Gasteiger partial charge in [0.05, 0.1) is 0 Å². The molecule has 64 heavy (non-hydrogen) atoms. The molecule has 0 saturated heterocycles. The van der Waals surface area contributed by atoms with E-state index >= 15 is 0 Å². The fourth-order valence-corrected chi connectivity index (χ4v) is 12.3. The van der Waals surface area contributed by atoms with Crippen LogP contribution in [-0.4, -0.2) is 37.5 Å². The molecule has 0 fully saturated rings. The predicted octanol–water partition coefficient (Wildman–Crippen LogP) is 17.6. The van der Waals surface area contributed by atoms with Crippen LogP contribution in [0.4, 0.5) is 34.1 Å². The lowest BCUT2D eigenvalue weighted by molar-refractivity contribution is 1.23. The van der Waals surface area contributed by atoms with E-state index in [9.17, 15) is 0 Å². The summed E-state index contributed by atoms with van der Waals surface area (Å²) in [6, 6.07) is 72.3. The van der Waals surface area contributed by atoms with Crippen LogP contribution in [0.5, 0.6) is 0 Å². The Bertz CT molecular complexity index is 3000. The SMILES string of the molecule is Cc1cc(S(C)(C)C)c(-c2ccccc2)cc1N(c1ccccc1)c1cc2ccc3cc(N(c4ccccc4)c4cc(-c5ccccc5)c(S(C)(C)C)cc4C)cc4ccc(c1)c2c34. The Hall–Kier alpha value is -6.46. The normalized spacial score (nSPS) is 12.6. The highest BCUT2D eigenvalue weighted by atomic mass is 32.3. The topological polar surface area (TPSA) is 6.48 Å². The summed E-state index contributed by atoms with van der Waals surface area (Å²) in [5, 5.41) is 7.55. The lowest BCUT2D eigenvalue weighted by Crippen LogP contribution is -2.13. The minimum absolute atomic E-state index is 1.02. The largest absolute Gasteiger partial charge is 0.310 e. The average Bonchev–Trinajstić information content (AvgIpc) is 3.29. The van der Waals surface area contributed by atoms with Crippen LogP contribution >= 0.6 is 20.1 Å². The van der Waals surface area contributed by atoms with Crippen molar-refractivity contribution in [1.82, 2.24) is 0 Å². The van der Waals surface area contributed by atoms with Gasteiger partial charge in [-0.1, -0.05) is 121 Å². The molecule has 0 atom stereocenters. The van der Waals surface area contributed by atoms with Gasteiger partial charge in [-0.3, -0.25) is 0 Å². The van der Waals surface area contributed by atoms with Gasteiger partial charge in [0.1, 0.15) is 0 Å². The second-order valence-corrected chi connectivity index (χ2v) is 26.9. The van der Waals surface area contributed by atoms with Gasteiger partial charge in [0.2, 0.25) is 0 Å². The van der Waals surface area contributed by atoms with Crippen molar-refractivity contribution in [3.63, 3.8) is 0 Å². The zero-order valence-electron chi connectivity index (χ0n) is 38.2. The molecule has 0 aliphatic heterocycles. The van der Waals surface area contributed by atoms with Gasteiger partial charge in [-0.2, -0.15) is 0 Å². The second-order valence-electron chi connectivity index (χ2n) is 18.7. The Kier molecular flexibility index (Phi) is 10.6. The van der Waals surface area contributed by atoms with Crippen molar-refractivity contribution in [3.8, 4) is 22.3 Å². The number of nitrogens with zero attached hydrogens (tertiary/aromatic N) is 2. The van der Waals surface area contributed by atoms with Crippen molar-refractivity contribution in [2.45, 2.75) is 23.6 Å². The first-order valence-electron chi connectivity index (χ1n) is 22.0. The van der Waals surface area contributed by atoms with Gasteiger partial charge in [-0.25, -0.2) is 20.1 Å². The van der Waals surface area contributed by atoms with Crippen molar-refractivity contribution < 1.29 is 0 Å². The number of aryl methyl sites for hydroxylation is 2. The lowest BCUT2D eigenvalue weighted by Gasteiger charge is -2.33. The highest BCUT2D eigenvalue weighted by Crippen LogP contribution is 2.55. The van der Waals surface area contributed by atoms with E-state index in [4.69, 9.17) is 0 Å². The smallest absolute Gasteiger partial charge is 0.0497 e. The number of benzene rings is 10. The fourth-order valence-electron chi connectivity index (χ4n) is 9.59. The molecule has 2 nitrogen and oxygen atoms in total. The quantitative estimate of drug-likeness (QED) is 0.126. The molecule has 0 N–H and O–H groups in total. The molecule has 0 aliphatic rings. The third-order valence-corrected chi connectivity index (χ3v) is 15.9. The first kappa shape index (κ1) is 41.5. The van der Waals surface area contributed by atoms with E-state index < -0.39 is 20.1 Å². The van der Waals surface area contributed by atoms with E-state index in [2.05, 4.69) is 255 Å². The molecule has 10 rings (SSSR count). The molecule has 0 bridgehead atoms. The van der Waals surface area contributed by atoms with Crippen LogP contribution in [0.15, 0.2) is 204 Å². The highest BCUT2D eigenvalue weighted by molar-refractivity contribution is 8.32. The van der Waals surface area contributed by atoms with E-state index in [1.165, 1.54) is 86.9 Å². The third-order valence-electron chi connectivity index (χ3n) is 12.6. The maximum absolute atomic E-state index is 2.46. The molecule has 0 aromatic heterocycles. The van der Waals surface area contributed by atoms with E-state index in [0.29, 0.717) is 0 Å². The second kappa shape index (κ2) is 16.3. The minimum atomic E-state index is -1.02. The summed E-state index contributed by atoms with van der Waals surface area (Å²) in [5.74, 6) is 0. The number of hydrogen-bond donors (Lipinski definition) is 0. The molecular weight excluding hydrogens is 813 g/mol. The molecule has 0 saturated carbocycles. The minimum Gasteiger partial charge on any atom is -0.310 e. The van der Waals surface area contributed by atoms with Crippen molar-refractivity contribution in [2.75, 3.05) is 47.3 Å². The summed E-state index contributed by atoms with van der Waals surface area (Å²) in [5.41, 5.74) is 14.6. The maximum Gasteiger partial charge on any atom is 0.0497 e. The van der Waals surface area contributed by atoms with E-state index in [0.717, 1.165) is 22.7 Å². The zero-order valence-corrected chi connectivity index (χ0v) is 39.8. The number of para-hydroxylation sites is 2. The van der Waals surface area contributed by atoms with Crippen LogP contribution < -0.4 is 9.80 Å². The average molecular weight is 869 g/mol. The maximum atomic E-state index is 2.46. The van der Waals surface area contributed by atoms with Crippen LogP contribution in [0, 0.1) is 13.8 Å². The molecule has 0 radical (unpaired) electrons. The fraction of sp³-hybridized carbons (Fsp3) is 0.133. The lowest BCUT2D eigenvalue weighted by atomic mass is 9.92. The Labute approximate surface area is 382 Å². The first-order valence-corrected chi connectivity index (χ1v) is 27.7. The Morgan fingerprint density at radius 2 is 0.609 bits per heavy atom. The van der Waals surface area contributed by atoms with Gasteiger partial charge < -0.3 is 9.80 Å². The molecule has 10 aromatic carbocycles. The number of anilines is 6. The summed E-state index contributed by atoms with van der Waals surface area (Å²) in [7, 11) is -2.05. The molecule has 0 unspecified atom stereocenters. The van der Waals surface area contributed by atoms with E-state index in [1.54, 1.807) is 0 Å². The van der Waals surface area contributed by atoms with Crippen molar-refractivity contribution in [3.05, 3.63) is 205 Å². The van der Waals surface area contributed by atoms with Crippen molar-refractivity contribution in [2.24, 2.45) is 0 Å². The van der Waals surface area contributed by atoms with E-state index in [1.807, 2.05) is 0 Å². The molecule has 318 valence electrons. The third kappa shape index (κ3) is 7.59. The zero-order chi connectivity index (χ0) is 44.3. The molecule has 10 aromatic rings. The Balaban J connectivity index is 1.15. The molecule has 0 amide bonds. The van der Waals surface area contributed by atoms with Gasteiger partial charge in [0.25, 0.3) is 0 Å². The van der Waals surface area contributed by atoms with Gasteiger partial charge >= 0.3 is 0 Å². The van der Waals surface area contributed by atoms with Crippen molar-refractivity contribution >= 4 is 86.5 Å². The van der Waals surface area contributed by atoms with Gasteiger partial charge in [0, 0.05) is 34.1 Å². The van der Waals surface area contributed by atoms with Crippen LogP contribution in [0.3, 0.4) is 0 Å². The Morgan fingerprint density at radius 1 is 0.312 bits per heavy atom. The van der Waals surface area contributed by atoms with Crippen molar-refractivity contribution in [1.29, 1.82) is 0 Å². The van der Waals surface area contributed by atoms with Gasteiger partial charge in [-0.05, 0) is 200 Å². The predicted molar refractivity (Wildman–Crippen MR) is 287 cm³/mol. The summed E-state index contributed by atoms with van der Waals surface area (Å²) < 4.78 is 0. The molecular formula is C60H56N2S2. The molecule has 4 heteroatoms. The van der Waals surface area contributed by atoms with Crippen LogP contribution in [0.1, 0.15) is 11.1 Å². The molecule has 0 aliphatic carbocycles. The molecule has 0 heterocycles. The Morgan fingerprint density at radius 3 is 0.906 bits per heavy atom. The van der Waals surface area contributed by atoms with Crippen LogP contribution in [-0.2, 0) is 0 Å². The van der Waals surface area contributed by atoms with Crippen LogP contribution in [0.2, 0.25) is 0 Å².